The second-order valence-electron chi connectivity index (χ2n) is 7.32. The van der Waals surface area contributed by atoms with E-state index in [0.717, 1.165) is 61.9 Å². The first-order valence-corrected chi connectivity index (χ1v) is 10.3. The zero-order valence-electron chi connectivity index (χ0n) is 18.5. The highest BCUT2D eigenvalue weighted by molar-refractivity contribution is 5.85. The summed E-state index contributed by atoms with van der Waals surface area (Å²) in [5, 5.41) is 7.92. The smallest absolute Gasteiger partial charge is 0.191 e. The van der Waals surface area contributed by atoms with E-state index in [2.05, 4.69) is 53.8 Å². The van der Waals surface area contributed by atoms with Gasteiger partial charge in [0.2, 0.25) is 0 Å². The lowest BCUT2D eigenvalue weighted by Crippen LogP contribution is -2.41. The van der Waals surface area contributed by atoms with Crippen LogP contribution in [0.3, 0.4) is 0 Å². The third-order valence-electron chi connectivity index (χ3n) is 4.67. The Labute approximate surface area is 175 Å². The summed E-state index contributed by atoms with van der Waals surface area (Å²) in [7, 11) is 7.90. The summed E-state index contributed by atoms with van der Waals surface area (Å²) in [4.78, 5) is 13.9. The molecule has 0 aliphatic rings. The number of ether oxygens (including phenoxy) is 1. The van der Waals surface area contributed by atoms with E-state index in [9.17, 15) is 0 Å². The number of likely N-dealkylation sites (N-methyl/N-ethyl adjacent to an activating group) is 1. The lowest BCUT2D eigenvalue weighted by atomic mass is 10.1. The molecule has 2 rings (SSSR count). The average Bonchev–Trinajstić information content (AvgIpc) is 2.71. The summed E-state index contributed by atoms with van der Waals surface area (Å²) in [6, 6.07) is 10.4. The topological polar surface area (TPSA) is 65.0 Å². The van der Waals surface area contributed by atoms with Gasteiger partial charge in [-0.25, -0.2) is 9.98 Å². The van der Waals surface area contributed by atoms with Crippen LogP contribution in [0.2, 0.25) is 0 Å². The van der Waals surface area contributed by atoms with Gasteiger partial charge >= 0.3 is 0 Å². The minimum absolute atomic E-state index is 0.600. The molecular weight excluding hydrogens is 364 g/mol. The monoisotopic (exact) mass is 400 g/mol. The van der Waals surface area contributed by atoms with E-state index < -0.39 is 0 Å². The first-order valence-electron chi connectivity index (χ1n) is 10.3. The Morgan fingerprint density at radius 3 is 2.66 bits per heavy atom. The third-order valence-corrected chi connectivity index (χ3v) is 4.67. The lowest BCUT2D eigenvalue weighted by molar-refractivity contribution is 0.180. The van der Waals surface area contributed by atoms with Crippen LogP contribution < -0.4 is 15.5 Å². The average molecular weight is 401 g/mol. The van der Waals surface area contributed by atoms with Gasteiger partial charge in [-0.05, 0) is 38.1 Å². The molecule has 0 fully saturated rings. The third kappa shape index (κ3) is 7.51. The Bertz CT molecular complexity index is 777. The summed E-state index contributed by atoms with van der Waals surface area (Å²) < 4.78 is 5.12. The van der Waals surface area contributed by atoms with Crippen molar-refractivity contribution in [2.75, 3.05) is 65.9 Å². The molecule has 0 radical (unpaired) electrons. The number of nitrogens with zero attached hydrogens (tertiary/aromatic N) is 4. The standard InChI is InChI=1S/C22H36N6O/c1-6-23-22(24-12-14-28(4)13-9-15-29-5)25-17-18-16-21(27(2)3)26-20-11-8-7-10-19(18)20/h7-8,10-11,16H,6,9,12-15,17H2,1-5H3,(H2,23,24,25). The Hall–Kier alpha value is -2.38. The highest BCUT2D eigenvalue weighted by Gasteiger charge is 2.07. The molecule has 0 atom stereocenters. The van der Waals surface area contributed by atoms with Crippen molar-refractivity contribution in [3.05, 3.63) is 35.9 Å². The number of fused-ring (bicyclic) bond motifs is 1. The van der Waals surface area contributed by atoms with E-state index >= 15 is 0 Å². The van der Waals surface area contributed by atoms with E-state index in [1.165, 1.54) is 5.56 Å². The van der Waals surface area contributed by atoms with E-state index in [1.54, 1.807) is 7.11 Å². The van der Waals surface area contributed by atoms with Gasteiger partial charge < -0.3 is 25.2 Å². The maximum absolute atomic E-state index is 5.12. The number of guanidine groups is 1. The van der Waals surface area contributed by atoms with Crippen LogP contribution in [0, 0.1) is 0 Å². The molecule has 0 aliphatic carbocycles. The minimum Gasteiger partial charge on any atom is -0.385 e. The van der Waals surface area contributed by atoms with Gasteiger partial charge in [0.1, 0.15) is 5.82 Å². The Morgan fingerprint density at radius 2 is 1.93 bits per heavy atom. The number of pyridine rings is 1. The summed E-state index contributed by atoms with van der Waals surface area (Å²) in [5.41, 5.74) is 2.17. The fourth-order valence-electron chi connectivity index (χ4n) is 3.05. The molecule has 0 spiro atoms. The van der Waals surface area contributed by atoms with Crippen molar-refractivity contribution in [3.63, 3.8) is 0 Å². The Balaban J connectivity index is 2.04. The molecule has 1 heterocycles. The molecule has 7 heteroatoms. The van der Waals surface area contributed by atoms with E-state index in [1.807, 2.05) is 25.1 Å². The molecule has 0 saturated carbocycles. The zero-order valence-corrected chi connectivity index (χ0v) is 18.5. The molecule has 0 saturated heterocycles. The van der Waals surface area contributed by atoms with Crippen LogP contribution in [0.1, 0.15) is 18.9 Å². The molecular formula is C22H36N6O. The largest absolute Gasteiger partial charge is 0.385 e. The number of rotatable bonds is 11. The highest BCUT2D eigenvalue weighted by Crippen LogP contribution is 2.22. The molecule has 0 bridgehead atoms. The van der Waals surface area contributed by atoms with Crippen LogP contribution in [-0.4, -0.2) is 76.9 Å². The summed E-state index contributed by atoms with van der Waals surface area (Å²) in [5.74, 6) is 1.79. The minimum atomic E-state index is 0.600. The van der Waals surface area contributed by atoms with Crippen molar-refractivity contribution in [1.82, 2.24) is 20.5 Å². The number of hydrogen-bond acceptors (Lipinski definition) is 5. The number of benzene rings is 1. The van der Waals surface area contributed by atoms with Gasteiger partial charge in [-0.1, -0.05) is 18.2 Å². The van der Waals surface area contributed by atoms with Crippen molar-refractivity contribution in [1.29, 1.82) is 0 Å². The SMILES string of the molecule is CCNC(=NCc1cc(N(C)C)nc2ccccc12)NCCN(C)CCCOC. The second-order valence-corrected chi connectivity index (χ2v) is 7.32. The molecule has 160 valence electrons. The first kappa shape index (κ1) is 22.9. The van der Waals surface area contributed by atoms with Crippen LogP contribution in [0.5, 0.6) is 0 Å². The van der Waals surface area contributed by atoms with E-state index in [-0.39, 0.29) is 0 Å². The van der Waals surface area contributed by atoms with Crippen LogP contribution in [0.25, 0.3) is 10.9 Å². The number of hydrogen-bond donors (Lipinski definition) is 2. The maximum atomic E-state index is 5.12. The molecule has 7 nitrogen and oxygen atoms in total. The molecule has 0 unspecified atom stereocenters. The fourth-order valence-corrected chi connectivity index (χ4v) is 3.05. The molecule has 1 aromatic heterocycles. The van der Waals surface area contributed by atoms with Gasteiger partial charge in [0.25, 0.3) is 0 Å². The predicted octanol–water partition coefficient (Wildman–Crippen LogP) is 2.32. The van der Waals surface area contributed by atoms with Crippen LogP contribution >= 0.6 is 0 Å². The van der Waals surface area contributed by atoms with Gasteiger partial charge in [0.05, 0.1) is 12.1 Å². The van der Waals surface area contributed by atoms with Crippen molar-refractivity contribution in [3.8, 4) is 0 Å². The Kier molecular flexibility index (Phi) is 9.67. The quantitative estimate of drug-likeness (QED) is 0.343. The molecule has 2 aromatic rings. The van der Waals surface area contributed by atoms with E-state index in [0.29, 0.717) is 6.54 Å². The molecule has 1 aromatic carbocycles. The summed E-state index contributed by atoms with van der Waals surface area (Å²) in [6.07, 6.45) is 1.05. The van der Waals surface area contributed by atoms with Crippen LogP contribution in [0.15, 0.2) is 35.3 Å². The van der Waals surface area contributed by atoms with Crippen LogP contribution in [0.4, 0.5) is 5.82 Å². The van der Waals surface area contributed by atoms with Crippen molar-refractivity contribution >= 4 is 22.7 Å². The number of aromatic nitrogens is 1. The van der Waals surface area contributed by atoms with Gasteiger partial charge in [-0.2, -0.15) is 0 Å². The number of nitrogens with one attached hydrogen (secondary N) is 2. The van der Waals surface area contributed by atoms with Crippen molar-refractivity contribution < 1.29 is 4.74 Å². The fraction of sp³-hybridized carbons (Fsp3) is 0.545. The molecule has 0 aliphatic heterocycles. The van der Waals surface area contributed by atoms with Crippen molar-refractivity contribution in [2.24, 2.45) is 4.99 Å². The predicted molar refractivity (Wildman–Crippen MR) is 123 cm³/mol. The molecule has 29 heavy (non-hydrogen) atoms. The second kappa shape index (κ2) is 12.2. The van der Waals surface area contributed by atoms with Crippen LogP contribution in [-0.2, 0) is 11.3 Å². The van der Waals surface area contributed by atoms with Gasteiger partial charge in [-0.15, -0.1) is 0 Å². The lowest BCUT2D eigenvalue weighted by Gasteiger charge is -2.18. The number of methoxy groups -OCH3 is 1. The number of anilines is 1. The summed E-state index contributed by atoms with van der Waals surface area (Å²) in [6.45, 7) is 7.14. The highest BCUT2D eigenvalue weighted by atomic mass is 16.5. The van der Waals surface area contributed by atoms with Gasteiger partial charge in [0.15, 0.2) is 5.96 Å². The zero-order chi connectivity index (χ0) is 21.1. The first-order chi connectivity index (χ1) is 14.0. The van der Waals surface area contributed by atoms with E-state index in [4.69, 9.17) is 14.7 Å². The number of aliphatic imine (C=N–C) groups is 1. The number of para-hydroxylation sites is 1. The van der Waals surface area contributed by atoms with Gasteiger partial charge in [0, 0.05) is 59.4 Å². The Morgan fingerprint density at radius 1 is 1.14 bits per heavy atom. The maximum Gasteiger partial charge on any atom is 0.191 e. The molecule has 0 amide bonds. The molecule has 2 N–H and O–H groups in total. The normalized spacial score (nSPS) is 11.9. The van der Waals surface area contributed by atoms with Gasteiger partial charge in [-0.3, -0.25) is 0 Å². The summed E-state index contributed by atoms with van der Waals surface area (Å²) >= 11 is 0. The van der Waals surface area contributed by atoms with Crippen molar-refractivity contribution in [2.45, 2.75) is 19.9 Å².